The minimum absolute atomic E-state index is 0.0246. The Hall–Kier alpha value is -3.24. The molecule has 1 atom stereocenters. The monoisotopic (exact) mass is 452 g/mol. The van der Waals surface area contributed by atoms with Gasteiger partial charge in [-0.25, -0.2) is 4.79 Å². The second kappa shape index (κ2) is 12.0. The largest absolute Gasteiger partial charge is 0.458 e. The molecule has 0 aliphatic carbocycles. The van der Waals surface area contributed by atoms with Crippen molar-refractivity contribution in [1.82, 2.24) is 20.9 Å². The highest BCUT2D eigenvalue weighted by Gasteiger charge is 2.29. The Labute approximate surface area is 187 Å². The zero-order valence-corrected chi connectivity index (χ0v) is 19.1. The van der Waals surface area contributed by atoms with E-state index in [9.17, 15) is 28.8 Å². The smallest absolute Gasteiger partial charge is 0.329 e. The summed E-state index contributed by atoms with van der Waals surface area (Å²) < 4.78 is 5.30. The third kappa shape index (κ3) is 9.71. The molecule has 0 aromatic carbocycles. The van der Waals surface area contributed by atoms with Gasteiger partial charge in [-0.3, -0.25) is 28.9 Å². The first kappa shape index (κ1) is 26.8. The van der Waals surface area contributed by atoms with Gasteiger partial charge in [0.25, 0.3) is 11.8 Å². The number of imide groups is 1. The van der Waals surface area contributed by atoms with Crippen LogP contribution in [0.3, 0.4) is 0 Å². The number of carbonyl (C=O) groups is 6. The average molecular weight is 453 g/mol. The maximum Gasteiger partial charge on any atom is 0.329 e. The molecule has 0 radical (unpaired) electrons. The van der Waals surface area contributed by atoms with E-state index in [-0.39, 0.29) is 38.4 Å². The van der Waals surface area contributed by atoms with Crippen LogP contribution in [0.25, 0.3) is 0 Å². The SMILES string of the molecule is CC(C)[C@H](NC(=O)CNC(=O)CNC(=O)CCCN1C(=O)C=CC1=O)C(=O)OC(C)(C)C. The normalized spacial score (nSPS) is 14.4. The number of nitrogens with zero attached hydrogens (tertiary/aromatic N) is 1. The van der Waals surface area contributed by atoms with Gasteiger partial charge in [-0.1, -0.05) is 13.8 Å². The molecule has 0 saturated heterocycles. The van der Waals surface area contributed by atoms with Gasteiger partial charge in [-0.15, -0.1) is 0 Å². The molecular weight excluding hydrogens is 420 g/mol. The van der Waals surface area contributed by atoms with Crippen LogP contribution in [0, 0.1) is 5.92 Å². The zero-order chi connectivity index (χ0) is 24.5. The molecule has 0 bridgehead atoms. The molecular formula is C21H32N4O7. The summed E-state index contributed by atoms with van der Waals surface area (Å²) in [4.78, 5) is 71.9. The summed E-state index contributed by atoms with van der Waals surface area (Å²) in [6, 6.07) is -0.858. The quantitative estimate of drug-likeness (QED) is 0.280. The van der Waals surface area contributed by atoms with Gasteiger partial charge in [-0.05, 0) is 33.1 Å². The van der Waals surface area contributed by atoms with Crippen molar-refractivity contribution in [1.29, 1.82) is 0 Å². The lowest BCUT2D eigenvalue weighted by atomic mass is 10.0. The third-order valence-corrected chi connectivity index (χ3v) is 4.22. The van der Waals surface area contributed by atoms with Crippen LogP contribution in [0.4, 0.5) is 0 Å². The number of nitrogens with one attached hydrogen (secondary N) is 3. The maximum absolute atomic E-state index is 12.2. The molecule has 11 heteroatoms. The van der Waals surface area contributed by atoms with Crippen molar-refractivity contribution < 1.29 is 33.5 Å². The Kier molecular flexibility index (Phi) is 10.0. The number of carbonyl (C=O) groups excluding carboxylic acids is 6. The Morgan fingerprint density at radius 2 is 1.47 bits per heavy atom. The number of hydrogen-bond donors (Lipinski definition) is 3. The van der Waals surface area contributed by atoms with E-state index in [4.69, 9.17) is 4.74 Å². The predicted molar refractivity (Wildman–Crippen MR) is 114 cm³/mol. The molecule has 11 nitrogen and oxygen atoms in total. The molecule has 0 spiro atoms. The minimum atomic E-state index is -0.858. The Bertz CT molecular complexity index is 766. The molecule has 0 saturated carbocycles. The van der Waals surface area contributed by atoms with Crippen LogP contribution < -0.4 is 16.0 Å². The molecule has 178 valence electrons. The Morgan fingerprint density at radius 3 is 2.00 bits per heavy atom. The second-order valence-electron chi connectivity index (χ2n) is 8.64. The summed E-state index contributed by atoms with van der Waals surface area (Å²) in [7, 11) is 0. The number of amides is 5. The third-order valence-electron chi connectivity index (χ3n) is 4.22. The molecule has 0 fully saturated rings. The molecule has 1 heterocycles. The van der Waals surface area contributed by atoms with E-state index in [1.165, 1.54) is 12.2 Å². The van der Waals surface area contributed by atoms with Gasteiger partial charge in [0.1, 0.15) is 11.6 Å². The van der Waals surface area contributed by atoms with Crippen LogP contribution in [-0.2, 0) is 33.5 Å². The maximum atomic E-state index is 12.2. The minimum Gasteiger partial charge on any atom is -0.458 e. The van der Waals surface area contributed by atoms with E-state index in [2.05, 4.69) is 16.0 Å². The van der Waals surface area contributed by atoms with Crippen molar-refractivity contribution >= 4 is 35.5 Å². The number of hydrogen-bond acceptors (Lipinski definition) is 7. The van der Waals surface area contributed by atoms with E-state index >= 15 is 0 Å². The van der Waals surface area contributed by atoms with Crippen molar-refractivity contribution in [2.24, 2.45) is 5.92 Å². The molecule has 1 rings (SSSR count). The molecule has 0 unspecified atom stereocenters. The number of rotatable bonds is 11. The number of esters is 1. The van der Waals surface area contributed by atoms with Gasteiger partial charge in [0.15, 0.2) is 0 Å². The molecule has 0 aromatic heterocycles. The summed E-state index contributed by atoms with van der Waals surface area (Å²) in [5, 5.41) is 7.29. The van der Waals surface area contributed by atoms with E-state index < -0.39 is 47.1 Å². The summed E-state index contributed by atoms with van der Waals surface area (Å²) in [5.41, 5.74) is -0.697. The highest BCUT2D eigenvalue weighted by Crippen LogP contribution is 2.12. The van der Waals surface area contributed by atoms with Gasteiger partial charge >= 0.3 is 5.97 Å². The number of ether oxygens (including phenoxy) is 1. The highest BCUT2D eigenvalue weighted by atomic mass is 16.6. The highest BCUT2D eigenvalue weighted by molar-refractivity contribution is 6.12. The van der Waals surface area contributed by atoms with Crippen molar-refractivity contribution in [3.05, 3.63) is 12.2 Å². The van der Waals surface area contributed by atoms with Gasteiger partial charge in [0.2, 0.25) is 17.7 Å². The molecule has 0 aromatic rings. The summed E-state index contributed by atoms with van der Waals surface area (Å²) in [6.07, 6.45) is 2.62. The van der Waals surface area contributed by atoms with Crippen LogP contribution in [0.5, 0.6) is 0 Å². The van der Waals surface area contributed by atoms with Crippen molar-refractivity contribution in [2.45, 2.75) is 59.1 Å². The van der Waals surface area contributed by atoms with Crippen LogP contribution in [-0.4, -0.2) is 71.7 Å². The summed E-state index contributed by atoms with van der Waals surface area (Å²) in [5.74, 6) is -3.19. The van der Waals surface area contributed by atoms with E-state index in [1.54, 1.807) is 34.6 Å². The molecule has 1 aliphatic rings. The van der Waals surface area contributed by atoms with Gasteiger partial charge < -0.3 is 20.7 Å². The molecule has 5 amide bonds. The lowest BCUT2D eigenvalue weighted by molar-refractivity contribution is -0.160. The first-order chi connectivity index (χ1) is 14.8. The van der Waals surface area contributed by atoms with Gasteiger partial charge in [0.05, 0.1) is 13.1 Å². The lowest BCUT2D eigenvalue weighted by Gasteiger charge is -2.26. The second-order valence-corrected chi connectivity index (χ2v) is 8.64. The first-order valence-corrected chi connectivity index (χ1v) is 10.4. The van der Waals surface area contributed by atoms with E-state index in [1.807, 2.05) is 0 Å². The standard InChI is InChI=1S/C21H32N4O7/c1-13(2)19(20(31)32-21(3,4)5)24-16(28)12-23-15(27)11-22-14(26)7-6-10-25-17(29)8-9-18(25)30/h8-9,13,19H,6-7,10-12H2,1-5H3,(H,22,26)(H,23,27)(H,24,28)/t19-/m0/s1. The Balaban J connectivity index is 2.30. The lowest BCUT2D eigenvalue weighted by Crippen LogP contribution is -2.50. The van der Waals surface area contributed by atoms with E-state index in [0.29, 0.717) is 0 Å². The fourth-order valence-corrected chi connectivity index (χ4v) is 2.65. The van der Waals surface area contributed by atoms with Crippen LogP contribution in [0.1, 0.15) is 47.5 Å². The van der Waals surface area contributed by atoms with E-state index in [0.717, 1.165) is 4.90 Å². The molecule has 32 heavy (non-hydrogen) atoms. The predicted octanol–water partition coefficient (Wildman–Crippen LogP) is -0.593. The zero-order valence-electron chi connectivity index (χ0n) is 19.1. The van der Waals surface area contributed by atoms with Crippen LogP contribution in [0.2, 0.25) is 0 Å². The fraction of sp³-hybridized carbons (Fsp3) is 0.619. The van der Waals surface area contributed by atoms with Crippen molar-refractivity contribution in [2.75, 3.05) is 19.6 Å². The van der Waals surface area contributed by atoms with Crippen molar-refractivity contribution in [3.8, 4) is 0 Å². The van der Waals surface area contributed by atoms with Crippen molar-refractivity contribution in [3.63, 3.8) is 0 Å². The van der Waals surface area contributed by atoms with Crippen LogP contribution in [0.15, 0.2) is 12.2 Å². The van der Waals surface area contributed by atoms with Gasteiger partial charge in [0, 0.05) is 25.1 Å². The van der Waals surface area contributed by atoms with Gasteiger partial charge in [-0.2, -0.15) is 0 Å². The molecule has 3 N–H and O–H groups in total. The summed E-state index contributed by atoms with van der Waals surface area (Å²) >= 11 is 0. The average Bonchev–Trinajstić information content (AvgIpc) is 2.99. The topological polar surface area (TPSA) is 151 Å². The summed E-state index contributed by atoms with van der Waals surface area (Å²) in [6.45, 7) is 8.09. The molecule has 1 aliphatic heterocycles. The Morgan fingerprint density at radius 1 is 0.938 bits per heavy atom. The fourth-order valence-electron chi connectivity index (χ4n) is 2.65. The first-order valence-electron chi connectivity index (χ1n) is 10.4. The van der Waals surface area contributed by atoms with Crippen LogP contribution >= 0.6 is 0 Å².